The minimum Gasteiger partial charge on any atom is -0.356 e. The van der Waals surface area contributed by atoms with Crippen molar-refractivity contribution in [2.24, 2.45) is 11.8 Å². The second-order valence-electron chi connectivity index (χ2n) is 7.78. The highest BCUT2D eigenvalue weighted by Crippen LogP contribution is 2.28. The molecule has 3 aromatic rings. The third kappa shape index (κ3) is 3.13. The van der Waals surface area contributed by atoms with Crippen LogP contribution in [-0.4, -0.2) is 27.7 Å². The van der Waals surface area contributed by atoms with Crippen molar-refractivity contribution in [2.45, 2.75) is 34.1 Å². The topological polar surface area (TPSA) is 33.4 Å². The van der Waals surface area contributed by atoms with Gasteiger partial charge in [-0.25, -0.2) is 4.98 Å². The van der Waals surface area contributed by atoms with E-state index in [9.17, 15) is 0 Å². The van der Waals surface area contributed by atoms with Gasteiger partial charge in [-0.1, -0.05) is 37.6 Å². The second-order valence-corrected chi connectivity index (χ2v) is 7.78. The molecule has 2 atom stereocenters. The minimum atomic E-state index is 0.707. The maximum atomic E-state index is 4.90. The Labute approximate surface area is 149 Å². The summed E-state index contributed by atoms with van der Waals surface area (Å²) in [5.74, 6) is 2.58. The molecular weight excluding hydrogens is 308 g/mol. The van der Waals surface area contributed by atoms with Gasteiger partial charge in [0.15, 0.2) is 5.65 Å². The average molecular weight is 334 g/mol. The third-order valence-corrected chi connectivity index (χ3v) is 5.04. The summed E-state index contributed by atoms with van der Waals surface area (Å²) >= 11 is 0. The standard InChI is InChI=1S/C21H26N4/c1-14-6-5-7-18(9-14)19-11-20-22-17(4)10-21(25(20)23-19)24-12-15(2)8-16(3)13-24/h5-7,9-11,15-16H,8,12-13H2,1-4H3/t15-,16+. The molecule has 4 rings (SSSR count). The highest BCUT2D eigenvalue weighted by Gasteiger charge is 2.24. The zero-order valence-corrected chi connectivity index (χ0v) is 15.5. The number of rotatable bonds is 2. The molecule has 4 nitrogen and oxygen atoms in total. The largest absolute Gasteiger partial charge is 0.356 e. The lowest BCUT2D eigenvalue weighted by molar-refractivity contribution is 0.354. The number of fused-ring (bicyclic) bond motifs is 1. The number of nitrogens with zero attached hydrogens (tertiary/aromatic N) is 4. The van der Waals surface area contributed by atoms with Gasteiger partial charge >= 0.3 is 0 Å². The van der Waals surface area contributed by atoms with Crippen molar-refractivity contribution in [2.75, 3.05) is 18.0 Å². The Morgan fingerprint density at radius 1 is 1.00 bits per heavy atom. The quantitative estimate of drug-likeness (QED) is 0.692. The van der Waals surface area contributed by atoms with Crippen LogP contribution in [0.15, 0.2) is 36.4 Å². The number of benzene rings is 1. The summed E-state index contributed by atoms with van der Waals surface area (Å²) in [6, 6.07) is 12.8. The van der Waals surface area contributed by atoms with Crippen LogP contribution in [0.1, 0.15) is 31.5 Å². The molecule has 1 fully saturated rings. The number of hydrogen-bond acceptors (Lipinski definition) is 3. The summed E-state index contributed by atoms with van der Waals surface area (Å²) in [7, 11) is 0. The van der Waals surface area contributed by atoms with Gasteiger partial charge in [0.1, 0.15) is 5.82 Å². The first kappa shape index (κ1) is 16.1. The molecule has 0 radical (unpaired) electrons. The fourth-order valence-corrected chi connectivity index (χ4v) is 4.10. The van der Waals surface area contributed by atoms with Crippen LogP contribution in [0.5, 0.6) is 0 Å². The smallest absolute Gasteiger partial charge is 0.158 e. The van der Waals surface area contributed by atoms with Gasteiger partial charge in [0.25, 0.3) is 0 Å². The van der Waals surface area contributed by atoms with E-state index >= 15 is 0 Å². The number of piperidine rings is 1. The molecule has 0 amide bonds. The first-order valence-electron chi connectivity index (χ1n) is 9.19. The predicted octanol–water partition coefficient (Wildman–Crippen LogP) is 4.50. The SMILES string of the molecule is Cc1cccc(-c2cc3nc(C)cc(N4C[C@H](C)C[C@H](C)C4)n3n2)c1. The van der Waals surface area contributed by atoms with Gasteiger partial charge in [-0.3, -0.25) is 0 Å². The van der Waals surface area contributed by atoms with Crippen LogP contribution in [0.25, 0.3) is 16.9 Å². The Balaban J connectivity index is 1.82. The zero-order valence-electron chi connectivity index (χ0n) is 15.5. The number of anilines is 1. The van der Waals surface area contributed by atoms with Crippen LogP contribution in [0.2, 0.25) is 0 Å². The first-order chi connectivity index (χ1) is 12.0. The Morgan fingerprint density at radius 2 is 1.76 bits per heavy atom. The van der Waals surface area contributed by atoms with E-state index in [1.807, 2.05) is 4.52 Å². The van der Waals surface area contributed by atoms with Gasteiger partial charge in [-0.05, 0) is 38.2 Å². The molecule has 0 bridgehead atoms. The fourth-order valence-electron chi connectivity index (χ4n) is 4.10. The molecule has 0 unspecified atom stereocenters. The zero-order chi connectivity index (χ0) is 17.6. The minimum absolute atomic E-state index is 0.707. The third-order valence-electron chi connectivity index (χ3n) is 5.04. The first-order valence-corrected chi connectivity index (χ1v) is 9.19. The number of hydrogen-bond donors (Lipinski definition) is 0. The van der Waals surface area contributed by atoms with E-state index in [1.165, 1.54) is 17.8 Å². The highest BCUT2D eigenvalue weighted by atomic mass is 15.4. The van der Waals surface area contributed by atoms with Gasteiger partial charge in [-0.2, -0.15) is 9.61 Å². The average Bonchev–Trinajstić information content (AvgIpc) is 2.97. The molecule has 0 N–H and O–H groups in total. The molecule has 1 aromatic carbocycles. The van der Waals surface area contributed by atoms with E-state index < -0.39 is 0 Å². The number of aromatic nitrogens is 3. The molecule has 130 valence electrons. The molecular formula is C21H26N4. The Bertz CT molecular complexity index is 901. The van der Waals surface area contributed by atoms with Crippen LogP contribution in [0, 0.1) is 25.7 Å². The molecule has 1 aliphatic rings. The summed E-state index contributed by atoms with van der Waals surface area (Å²) < 4.78 is 2.02. The van der Waals surface area contributed by atoms with Crippen LogP contribution in [0.3, 0.4) is 0 Å². The van der Waals surface area contributed by atoms with E-state index in [1.54, 1.807) is 0 Å². The molecule has 1 saturated heterocycles. The van der Waals surface area contributed by atoms with Gasteiger partial charge in [0, 0.05) is 36.5 Å². The Kier molecular flexibility index (Phi) is 3.98. The summed E-state index contributed by atoms with van der Waals surface area (Å²) in [5.41, 5.74) is 5.36. The lowest BCUT2D eigenvalue weighted by atomic mass is 9.92. The monoisotopic (exact) mass is 334 g/mol. The summed E-state index contributed by atoms with van der Waals surface area (Å²) in [4.78, 5) is 7.19. The molecule has 1 aliphatic heterocycles. The molecule has 0 saturated carbocycles. The van der Waals surface area contributed by atoms with Gasteiger partial charge in [-0.15, -0.1) is 0 Å². The Morgan fingerprint density at radius 3 is 2.48 bits per heavy atom. The van der Waals surface area contributed by atoms with E-state index in [4.69, 9.17) is 10.1 Å². The van der Waals surface area contributed by atoms with E-state index in [0.717, 1.165) is 35.7 Å². The van der Waals surface area contributed by atoms with E-state index in [2.05, 4.69) is 69.0 Å². The molecule has 25 heavy (non-hydrogen) atoms. The van der Waals surface area contributed by atoms with Crippen molar-refractivity contribution < 1.29 is 0 Å². The van der Waals surface area contributed by atoms with Crippen LogP contribution in [-0.2, 0) is 0 Å². The van der Waals surface area contributed by atoms with Crippen molar-refractivity contribution in [3.8, 4) is 11.3 Å². The van der Waals surface area contributed by atoms with Gasteiger partial charge < -0.3 is 4.90 Å². The lowest BCUT2D eigenvalue weighted by Crippen LogP contribution is -2.39. The van der Waals surface area contributed by atoms with E-state index in [0.29, 0.717) is 11.8 Å². The van der Waals surface area contributed by atoms with Crippen molar-refractivity contribution in [1.29, 1.82) is 0 Å². The molecule has 4 heteroatoms. The molecule has 0 spiro atoms. The summed E-state index contributed by atoms with van der Waals surface area (Å²) in [5, 5.41) is 4.90. The molecule has 2 aromatic heterocycles. The second kappa shape index (κ2) is 6.17. The molecule has 0 aliphatic carbocycles. The highest BCUT2D eigenvalue weighted by molar-refractivity contribution is 5.66. The normalized spacial score (nSPS) is 21.0. The maximum Gasteiger partial charge on any atom is 0.158 e. The van der Waals surface area contributed by atoms with Crippen molar-refractivity contribution >= 4 is 11.5 Å². The Hall–Kier alpha value is -2.36. The molecule has 3 heterocycles. The van der Waals surface area contributed by atoms with Crippen molar-refractivity contribution in [3.05, 3.63) is 47.7 Å². The van der Waals surface area contributed by atoms with Gasteiger partial charge in [0.05, 0.1) is 5.69 Å². The van der Waals surface area contributed by atoms with E-state index in [-0.39, 0.29) is 0 Å². The van der Waals surface area contributed by atoms with Crippen molar-refractivity contribution in [1.82, 2.24) is 14.6 Å². The summed E-state index contributed by atoms with van der Waals surface area (Å²) in [6.07, 6.45) is 1.30. The van der Waals surface area contributed by atoms with Crippen LogP contribution >= 0.6 is 0 Å². The van der Waals surface area contributed by atoms with Gasteiger partial charge in [0.2, 0.25) is 0 Å². The predicted molar refractivity (Wildman–Crippen MR) is 103 cm³/mol. The maximum absolute atomic E-state index is 4.90. The van der Waals surface area contributed by atoms with Crippen LogP contribution < -0.4 is 4.90 Å². The van der Waals surface area contributed by atoms with Crippen LogP contribution in [0.4, 0.5) is 5.82 Å². The van der Waals surface area contributed by atoms with Crippen molar-refractivity contribution in [3.63, 3.8) is 0 Å². The lowest BCUT2D eigenvalue weighted by Gasteiger charge is -2.36. The summed E-state index contributed by atoms with van der Waals surface area (Å²) in [6.45, 7) is 11.0. The fraction of sp³-hybridized carbons (Fsp3) is 0.429. The number of aryl methyl sites for hydroxylation is 2.